The molecule has 1 amide bonds. The van der Waals surface area contributed by atoms with E-state index in [9.17, 15) is 13.2 Å². The predicted octanol–water partition coefficient (Wildman–Crippen LogP) is 2.99. The topological polar surface area (TPSA) is 75.3 Å². The molecule has 21 heavy (non-hydrogen) atoms. The van der Waals surface area contributed by atoms with Gasteiger partial charge in [0.2, 0.25) is 10.0 Å². The fraction of sp³-hybridized carbons (Fsp3) is 0.214. The number of sulfonamides is 1. The van der Waals surface area contributed by atoms with Crippen LogP contribution >= 0.6 is 11.3 Å². The molecule has 1 aromatic heterocycles. The number of aryl methyl sites for hydroxylation is 2. The standard InChI is InChI=1S/C14H16N2O3S2/c1-9-8-13(10(2)20-9)14(17)15-11-4-6-12(7-5-11)16-21(3,18)19/h4-8,16H,1-3H3,(H,15,17). The summed E-state index contributed by atoms with van der Waals surface area (Å²) in [5.74, 6) is -0.166. The third-order valence-corrected chi connectivity index (χ3v) is 4.30. The lowest BCUT2D eigenvalue weighted by Crippen LogP contribution is -2.12. The Hall–Kier alpha value is -1.86. The highest BCUT2D eigenvalue weighted by atomic mass is 32.2. The molecule has 0 bridgehead atoms. The van der Waals surface area contributed by atoms with Gasteiger partial charge in [0, 0.05) is 21.1 Å². The number of hydrogen-bond acceptors (Lipinski definition) is 4. The second-order valence-electron chi connectivity index (χ2n) is 4.73. The summed E-state index contributed by atoms with van der Waals surface area (Å²) in [4.78, 5) is 14.2. The molecule has 1 heterocycles. The normalized spacial score (nSPS) is 11.2. The molecule has 2 N–H and O–H groups in total. The molecular formula is C14H16N2O3S2. The van der Waals surface area contributed by atoms with Crippen LogP contribution in [0.5, 0.6) is 0 Å². The number of nitrogens with one attached hydrogen (secondary N) is 2. The molecule has 0 aliphatic rings. The van der Waals surface area contributed by atoms with E-state index in [1.165, 1.54) is 0 Å². The SMILES string of the molecule is Cc1cc(C(=O)Nc2ccc(NS(C)(=O)=O)cc2)c(C)s1. The van der Waals surface area contributed by atoms with Gasteiger partial charge in [-0.15, -0.1) is 11.3 Å². The second-order valence-corrected chi connectivity index (χ2v) is 7.94. The lowest BCUT2D eigenvalue weighted by molar-refractivity contribution is 0.102. The van der Waals surface area contributed by atoms with Gasteiger partial charge < -0.3 is 5.32 Å². The molecule has 0 atom stereocenters. The van der Waals surface area contributed by atoms with Crippen molar-refractivity contribution < 1.29 is 13.2 Å². The molecule has 0 spiro atoms. The Balaban J connectivity index is 2.10. The quantitative estimate of drug-likeness (QED) is 0.908. The maximum absolute atomic E-state index is 12.1. The lowest BCUT2D eigenvalue weighted by atomic mass is 10.2. The largest absolute Gasteiger partial charge is 0.322 e. The van der Waals surface area contributed by atoms with Gasteiger partial charge in [0.25, 0.3) is 5.91 Å². The minimum Gasteiger partial charge on any atom is -0.322 e. The average molecular weight is 324 g/mol. The molecule has 0 aliphatic carbocycles. The van der Waals surface area contributed by atoms with E-state index < -0.39 is 10.0 Å². The Morgan fingerprint density at radius 2 is 1.67 bits per heavy atom. The summed E-state index contributed by atoms with van der Waals surface area (Å²) in [6.07, 6.45) is 1.09. The van der Waals surface area contributed by atoms with E-state index >= 15 is 0 Å². The van der Waals surface area contributed by atoms with Gasteiger partial charge in [0.1, 0.15) is 0 Å². The van der Waals surface area contributed by atoms with Crippen molar-refractivity contribution >= 4 is 38.6 Å². The number of carbonyl (C=O) groups excluding carboxylic acids is 1. The number of carbonyl (C=O) groups is 1. The molecule has 0 unspecified atom stereocenters. The summed E-state index contributed by atoms with van der Waals surface area (Å²) in [7, 11) is -3.29. The van der Waals surface area contributed by atoms with Gasteiger partial charge in [-0.2, -0.15) is 0 Å². The number of benzene rings is 1. The highest BCUT2D eigenvalue weighted by molar-refractivity contribution is 7.92. The van der Waals surface area contributed by atoms with E-state index in [0.717, 1.165) is 16.0 Å². The van der Waals surface area contributed by atoms with Gasteiger partial charge in [-0.1, -0.05) is 0 Å². The summed E-state index contributed by atoms with van der Waals surface area (Å²) in [6, 6.07) is 8.36. The third-order valence-electron chi connectivity index (χ3n) is 2.73. The minimum absolute atomic E-state index is 0.166. The zero-order chi connectivity index (χ0) is 15.6. The van der Waals surface area contributed by atoms with Gasteiger partial charge in [-0.25, -0.2) is 8.42 Å². The van der Waals surface area contributed by atoms with Crippen molar-refractivity contribution in [1.29, 1.82) is 0 Å². The highest BCUT2D eigenvalue weighted by Crippen LogP contribution is 2.22. The first-order valence-electron chi connectivity index (χ1n) is 6.21. The Kier molecular flexibility index (Phi) is 4.34. The molecule has 0 radical (unpaired) electrons. The molecule has 7 heteroatoms. The van der Waals surface area contributed by atoms with Crippen molar-refractivity contribution in [3.05, 3.63) is 45.6 Å². The van der Waals surface area contributed by atoms with Gasteiger partial charge in [-0.3, -0.25) is 9.52 Å². The van der Waals surface area contributed by atoms with Crippen molar-refractivity contribution in [2.24, 2.45) is 0 Å². The Labute approximate surface area is 128 Å². The third kappa shape index (κ3) is 4.30. The molecule has 2 rings (SSSR count). The molecule has 0 aliphatic heterocycles. The van der Waals surface area contributed by atoms with Crippen molar-refractivity contribution in [3.8, 4) is 0 Å². The molecule has 2 aromatic rings. The molecule has 1 aromatic carbocycles. The van der Waals surface area contributed by atoms with Crippen LogP contribution in [-0.2, 0) is 10.0 Å². The molecule has 0 fully saturated rings. The zero-order valence-corrected chi connectivity index (χ0v) is 13.6. The van der Waals surface area contributed by atoms with Crippen molar-refractivity contribution in [1.82, 2.24) is 0 Å². The van der Waals surface area contributed by atoms with Gasteiger partial charge in [0.15, 0.2) is 0 Å². The van der Waals surface area contributed by atoms with E-state index in [4.69, 9.17) is 0 Å². The van der Waals surface area contributed by atoms with E-state index in [0.29, 0.717) is 16.9 Å². The predicted molar refractivity (Wildman–Crippen MR) is 86.7 cm³/mol. The summed E-state index contributed by atoms with van der Waals surface area (Å²) < 4.78 is 24.6. The Morgan fingerprint density at radius 3 is 2.14 bits per heavy atom. The van der Waals surface area contributed by atoms with Crippen molar-refractivity contribution in [3.63, 3.8) is 0 Å². The fourth-order valence-corrected chi connectivity index (χ4v) is 3.38. The van der Waals surface area contributed by atoms with E-state index in [1.807, 2.05) is 19.9 Å². The lowest BCUT2D eigenvalue weighted by Gasteiger charge is -2.07. The van der Waals surface area contributed by atoms with Crippen LogP contribution in [0, 0.1) is 13.8 Å². The smallest absolute Gasteiger partial charge is 0.256 e. The summed E-state index contributed by atoms with van der Waals surface area (Å²) in [5, 5.41) is 2.79. The first-order valence-corrected chi connectivity index (χ1v) is 8.91. The zero-order valence-electron chi connectivity index (χ0n) is 11.9. The van der Waals surface area contributed by atoms with E-state index in [-0.39, 0.29) is 5.91 Å². The number of thiophene rings is 1. The summed E-state index contributed by atoms with van der Waals surface area (Å²) in [6.45, 7) is 3.87. The van der Waals surface area contributed by atoms with Crippen LogP contribution < -0.4 is 10.0 Å². The second kappa shape index (κ2) is 5.87. The molecule has 0 saturated carbocycles. The first-order chi connectivity index (χ1) is 9.74. The Bertz CT molecular complexity index is 762. The maximum Gasteiger partial charge on any atom is 0.256 e. The van der Waals surface area contributed by atoms with Crippen molar-refractivity contribution in [2.45, 2.75) is 13.8 Å². The van der Waals surface area contributed by atoms with E-state index in [1.54, 1.807) is 35.6 Å². The van der Waals surface area contributed by atoms with Crippen molar-refractivity contribution in [2.75, 3.05) is 16.3 Å². The van der Waals surface area contributed by atoms with Crippen LogP contribution in [0.4, 0.5) is 11.4 Å². The highest BCUT2D eigenvalue weighted by Gasteiger charge is 2.12. The summed E-state index contributed by atoms with van der Waals surface area (Å²) in [5.41, 5.74) is 1.73. The van der Waals surface area contributed by atoms with Crippen LogP contribution in [0.25, 0.3) is 0 Å². The average Bonchev–Trinajstić information content (AvgIpc) is 2.69. The van der Waals surface area contributed by atoms with E-state index in [2.05, 4.69) is 10.0 Å². The van der Waals surface area contributed by atoms with Crippen LogP contribution in [0.1, 0.15) is 20.1 Å². The number of rotatable bonds is 4. The molecule has 5 nitrogen and oxygen atoms in total. The van der Waals surface area contributed by atoms with Crippen LogP contribution in [0.3, 0.4) is 0 Å². The summed E-state index contributed by atoms with van der Waals surface area (Å²) >= 11 is 1.58. The number of amides is 1. The first kappa shape index (κ1) is 15.5. The molecule has 0 saturated heterocycles. The number of anilines is 2. The molecule has 112 valence electrons. The van der Waals surface area contributed by atoms with Crippen LogP contribution in [-0.4, -0.2) is 20.6 Å². The van der Waals surface area contributed by atoms with Gasteiger partial charge in [0.05, 0.1) is 11.8 Å². The van der Waals surface area contributed by atoms with Gasteiger partial charge >= 0.3 is 0 Å². The minimum atomic E-state index is -3.29. The molecular weight excluding hydrogens is 308 g/mol. The Morgan fingerprint density at radius 1 is 1.10 bits per heavy atom. The van der Waals surface area contributed by atoms with Crippen LogP contribution in [0.2, 0.25) is 0 Å². The fourth-order valence-electron chi connectivity index (χ4n) is 1.89. The van der Waals surface area contributed by atoms with Crippen LogP contribution in [0.15, 0.2) is 30.3 Å². The number of hydrogen-bond donors (Lipinski definition) is 2. The monoisotopic (exact) mass is 324 g/mol. The maximum atomic E-state index is 12.1. The van der Waals surface area contributed by atoms with Gasteiger partial charge in [-0.05, 0) is 44.2 Å².